The Bertz CT molecular complexity index is 755. The number of thioether (sulfide) groups is 1. The van der Waals surface area contributed by atoms with Crippen LogP contribution in [0.4, 0.5) is 0 Å². The lowest BCUT2D eigenvalue weighted by atomic mass is 10.1. The highest BCUT2D eigenvalue weighted by atomic mass is 32.2. The van der Waals surface area contributed by atoms with E-state index in [1.165, 1.54) is 18.0 Å². The molecule has 1 aliphatic rings. The first-order valence-electron chi connectivity index (χ1n) is 7.27. The first kappa shape index (κ1) is 16.2. The summed E-state index contributed by atoms with van der Waals surface area (Å²) in [5.41, 5.74) is 1.01. The largest absolute Gasteiger partial charge is 0.350 e. The molecular formula is C15H18N4O2S2. The minimum absolute atomic E-state index is 0.0749. The van der Waals surface area contributed by atoms with Crippen LogP contribution in [0.25, 0.3) is 0 Å². The van der Waals surface area contributed by atoms with Gasteiger partial charge in [-0.15, -0.1) is 0 Å². The zero-order valence-corrected chi connectivity index (χ0v) is 14.6. The Labute approximate surface area is 142 Å². The Balaban J connectivity index is 1.74. The third-order valence-corrected chi connectivity index (χ3v) is 5.48. The van der Waals surface area contributed by atoms with Gasteiger partial charge in [-0.25, -0.2) is 4.98 Å². The lowest BCUT2D eigenvalue weighted by Gasteiger charge is -2.23. The van der Waals surface area contributed by atoms with Crippen LogP contribution < -0.4 is 10.9 Å². The average molecular weight is 350 g/mol. The molecular weight excluding hydrogens is 332 g/mol. The summed E-state index contributed by atoms with van der Waals surface area (Å²) in [5, 5.41) is 7.64. The number of thiophene rings is 1. The highest BCUT2D eigenvalue weighted by Crippen LogP contribution is 2.21. The second-order valence-corrected chi connectivity index (χ2v) is 7.35. The number of fused-ring (bicyclic) bond motifs is 1. The number of nitrogens with zero attached hydrogens (tertiary/aromatic N) is 3. The van der Waals surface area contributed by atoms with Crippen molar-refractivity contribution in [1.82, 2.24) is 19.8 Å². The van der Waals surface area contributed by atoms with Gasteiger partial charge in [0.15, 0.2) is 5.16 Å². The molecule has 0 aliphatic carbocycles. The summed E-state index contributed by atoms with van der Waals surface area (Å²) in [4.78, 5) is 31.0. The van der Waals surface area contributed by atoms with E-state index in [1.54, 1.807) is 15.9 Å². The molecule has 0 fully saturated rings. The van der Waals surface area contributed by atoms with E-state index >= 15 is 0 Å². The molecule has 0 saturated heterocycles. The number of carbonyl (C=O) groups is 1. The lowest BCUT2D eigenvalue weighted by Crippen LogP contribution is -2.38. The van der Waals surface area contributed by atoms with Crippen molar-refractivity contribution in [3.8, 4) is 0 Å². The van der Waals surface area contributed by atoms with Crippen molar-refractivity contribution in [2.45, 2.75) is 17.7 Å². The summed E-state index contributed by atoms with van der Waals surface area (Å²) in [7, 11) is 3.94. The first-order chi connectivity index (χ1) is 11.1. The van der Waals surface area contributed by atoms with Crippen LogP contribution in [0.1, 0.15) is 22.0 Å². The molecule has 1 amide bonds. The molecule has 1 atom stereocenters. The van der Waals surface area contributed by atoms with Crippen LogP contribution in [0.3, 0.4) is 0 Å². The molecule has 1 aliphatic heterocycles. The first-order valence-corrected chi connectivity index (χ1v) is 9.20. The van der Waals surface area contributed by atoms with Gasteiger partial charge in [0.25, 0.3) is 11.5 Å². The maximum atomic E-state index is 12.4. The van der Waals surface area contributed by atoms with E-state index in [-0.39, 0.29) is 23.1 Å². The standard InChI is InChI=1S/C15H18N4O2S2/c1-18(2)12(10-3-5-22-9-10)8-16-13(20)11-7-17-15-19(14(11)21)4-6-23-15/h3,5,7,9,12H,4,6,8H2,1-2H3,(H,16,20)/t12-/m0/s1. The van der Waals surface area contributed by atoms with Crippen LogP contribution in [0.2, 0.25) is 0 Å². The smallest absolute Gasteiger partial charge is 0.267 e. The van der Waals surface area contributed by atoms with E-state index in [1.807, 2.05) is 30.4 Å². The molecule has 2 aromatic heterocycles. The molecule has 3 rings (SSSR count). The number of hydrogen-bond acceptors (Lipinski definition) is 6. The number of hydrogen-bond donors (Lipinski definition) is 1. The Morgan fingerprint density at radius 1 is 1.52 bits per heavy atom. The van der Waals surface area contributed by atoms with Gasteiger partial charge in [0.2, 0.25) is 0 Å². The average Bonchev–Trinajstić information content (AvgIpc) is 3.18. The van der Waals surface area contributed by atoms with Gasteiger partial charge >= 0.3 is 0 Å². The number of amides is 1. The number of carbonyl (C=O) groups excluding carboxylic acids is 1. The highest BCUT2D eigenvalue weighted by Gasteiger charge is 2.21. The van der Waals surface area contributed by atoms with Crippen molar-refractivity contribution in [1.29, 1.82) is 0 Å². The predicted octanol–water partition coefficient (Wildman–Crippen LogP) is 1.44. The van der Waals surface area contributed by atoms with Crippen LogP contribution in [0.5, 0.6) is 0 Å². The predicted molar refractivity (Wildman–Crippen MR) is 92.3 cm³/mol. The Morgan fingerprint density at radius 3 is 3.04 bits per heavy atom. The lowest BCUT2D eigenvalue weighted by molar-refractivity contribution is 0.0939. The van der Waals surface area contributed by atoms with Crippen molar-refractivity contribution < 1.29 is 4.79 Å². The van der Waals surface area contributed by atoms with Gasteiger partial charge in [-0.3, -0.25) is 14.2 Å². The molecule has 0 aromatic carbocycles. The van der Waals surface area contributed by atoms with Gasteiger partial charge in [-0.1, -0.05) is 11.8 Å². The fourth-order valence-corrected chi connectivity index (χ4v) is 4.14. The fourth-order valence-electron chi connectivity index (χ4n) is 2.52. The van der Waals surface area contributed by atoms with Gasteiger partial charge in [-0.2, -0.15) is 11.3 Å². The van der Waals surface area contributed by atoms with Crippen molar-refractivity contribution >= 4 is 29.0 Å². The molecule has 3 heterocycles. The normalized spacial score (nSPS) is 14.7. The SMILES string of the molecule is CN(C)[C@@H](CNC(=O)c1cnc2n(c1=O)CCS2)c1ccsc1. The summed E-state index contributed by atoms with van der Waals surface area (Å²) < 4.78 is 1.57. The molecule has 0 spiro atoms. The zero-order valence-electron chi connectivity index (χ0n) is 13.0. The quantitative estimate of drug-likeness (QED) is 0.827. The molecule has 122 valence electrons. The Morgan fingerprint density at radius 2 is 2.35 bits per heavy atom. The maximum absolute atomic E-state index is 12.4. The van der Waals surface area contributed by atoms with E-state index in [0.717, 1.165) is 11.3 Å². The fraction of sp³-hybridized carbons (Fsp3) is 0.400. The minimum atomic E-state index is -0.364. The summed E-state index contributed by atoms with van der Waals surface area (Å²) in [5.74, 6) is 0.463. The number of likely N-dealkylation sites (N-methyl/N-ethyl adjacent to an activating group) is 1. The molecule has 0 saturated carbocycles. The molecule has 23 heavy (non-hydrogen) atoms. The summed E-state index contributed by atoms with van der Waals surface area (Å²) >= 11 is 3.16. The van der Waals surface area contributed by atoms with Crippen molar-refractivity contribution in [3.63, 3.8) is 0 Å². The summed E-state index contributed by atoms with van der Waals surface area (Å²) in [6, 6.07) is 2.12. The van der Waals surface area contributed by atoms with Crippen LogP contribution in [-0.2, 0) is 6.54 Å². The zero-order chi connectivity index (χ0) is 16.4. The molecule has 1 N–H and O–H groups in total. The van der Waals surface area contributed by atoms with E-state index in [4.69, 9.17) is 0 Å². The summed E-state index contributed by atoms with van der Waals surface area (Å²) in [6.45, 7) is 1.06. The second kappa shape index (κ2) is 6.86. The third kappa shape index (κ3) is 3.34. The molecule has 0 unspecified atom stereocenters. The third-order valence-electron chi connectivity index (χ3n) is 3.81. The summed E-state index contributed by atoms with van der Waals surface area (Å²) in [6.07, 6.45) is 1.39. The molecule has 6 nitrogen and oxygen atoms in total. The second-order valence-electron chi connectivity index (χ2n) is 5.51. The van der Waals surface area contributed by atoms with Crippen LogP contribution in [0, 0.1) is 0 Å². The van der Waals surface area contributed by atoms with Gasteiger partial charge < -0.3 is 10.2 Å². The minimum Gasteiger partial charge on any atom is -0.350 e. The number of aromatic nitrogens is 2. The molecule has 8 heteroatoms. The van der Waals surface area contributed by atoms with Gasteiger partial charge in [-0.05, 0) is 36.5 Å². The van der Waals surface area contributed by atoms with E-state index in [0.29, 0.717) is 18.2 Å². The Hall–Kier alpha value is -1.64. The van der Waals surface area contributed by atoms with Crippen LogP contribution in [0.15, 0.2) is 33.0 Å². The van der Waals surface area contributed by atoms with Gasteiger partial charge in [0, 0.05) is 25.0 Å². The maximum Gasteiger partial charge on any atom is 0.267 e. The topological polar surface area (TPSA) is 67.2 Å². The van der Waals surface area contributed by atoms with Crippen LogP contribution >= 0.6 is 23.1 Å². The van der Waals surface area contributed by atoms with Crippen molar-refractivity contribution in [2.75, 3.05) is 26.4 Å². The number of rotatable bonds is 5. The van der Waals surface area contributed by atoms with E-state index in [9.17, 15) is 9.59 Å². The van der Waals surface area contributed by atoms with Gasteiger partial charge in [0.05, 0.1) is 6.04 Å². The monoisotopic (exact) mass is 350 g/mol. The molecule has 0 bridgehead atoms. The van der Waals surface area contributed by atoms with E-state index in [2.05, 4.69) is 15.7 Å². The number of nitrogens with one attached hydrogen (secondary N) is 1. The van der Waals surface area contributed by atoms with Gasteiger partial charge in [0.1, 0.15) is 5.56 Å². The van der Waals surface area contributed by atoms with E-state index < -0.39 is 0 Å². The van der Waals surface area contributed by atoms with Crippen LogP contribution in [-0.4, -0.2) is 46.8 Å². The highest BCUT2D eigenvalue weighted by molar-refractivity contribution is 7.99. The molecule has 2 aromatic rings. The van der Waals surface area contributed by atoms with Crippen molar-refractivity contribution in [2.24, 2.45) is 0 Å². The van der Waals surface area contributed by atoms with Crippen molar-refractivity contribution in [3.05, 3.63) is 44.5 Å². The Kier molecular flexibility index (Phi) is 4.84. The molecule has 0 radical (unpaired) electrons.